The van der Waals surface area contributed by atoms with Gasteiger partial charge < -0.3 is 0 Å². The number of hydrogen-bond acceptors (Lipinski definition) is 1. The molecule has 1 nitrogen and oxygen atoms in total. The van der Waals surface area contributed by atoms with E-state index in [-0.39, 0.29) is 0 Å². The second-order valence-corrected chi connectivity index (χ2v) is 6.01. The van der Waals surface area contributed by atoms with E-state index in [0.717, 1.165) is 6.42 Å². The standard InChI is InChI=1S/C16H16BrN/c17-16(10-12-6-8-18-9-7-12)15-5-4-13-2-1-3-14(13)11-15/h4-9,11,16H,1-3,10H2. The van der Waals surface area contributed by atoms with E-state index in [2.05, 4.69) is 51.2 Å². The third-order valence-electron chi connectivity index (χ3n) is 3.65. The van der Waals surface area contributed by atoms with Crippen molar-refractivity contribution in [2.45, 2.75) is 30.5 Å². The number of aryl methyl sites for hydroxylation is 2. The Kier molecular flexibility index (Phi) is 3.46. The van der Waals surface area contributed by atoms with Crippen LogP contribution in [0.2, 0.25) is 0 Å². The molecule has 18 heavy (non-hydrogen) atoms. The number of fused-ring (bicyclic) bond motifs is 1. The highest BCUT2D eigenvalue weighted by atomic mass is 79.9. The van der Waals surface area contributed by atoms with Gasteiger partial charge in [0, 0.05) is 17.2 Å². The van der Waals surface area contributed by atoms with Crippen LogP contribution in [0.15, 0.2) is 42.7 Å². The highest BCUT2D eigenvalue weighted by Gasteiger charge is 2.14. The van der Waals surface area contributed by atoms with E-state index < -0.39 is 0 Å². The number of pyridine rings is 1. The Hall–Kier alpha value is -1.15. The Morgan fingerprint density at radius 2 is 1.83 bits per heavy atom. The number of nitrogens with zero attached hydrogens (tertiary/aromatic N) is 1. The summed E-state index contributed by atoms with van der Waals surface area (Å²) < 4.78 is 0. The van der Waals surface area contributed by atoms with Crippen LogP contribution in [-0.4, -0.2) is 4.98 Å². The first-order chi connectivity index (χ1) is 8.83. The molecule has 0 saturated heterocycles. The number of rotatable bonds is 3. The Labute approximate surface area is 116 Å². The summed E-state index contributed by atoms with van der Waals surface area (Å²) >= 11 is 3.81. The molecule has 2 aromatic rings. The first-order valence-electron chi connectivity index (χ1n) is 6.47. The summed E-state index contributed by atoms with van der Waals surface area (Å²) in [6, 6.07) is 11.1. The molecule has 1 unspecified atom stereocenters. The zero-order valence-corrected chi connectivity index (χ0v) is 11.9. The van der Waals surface area contributed by atoms with Gasteiger partial charge >= 0.3 is 0 Å². The fourth-order valence-electron chi connectivity index (χ4n) is 2.63. The summed E-state index contributed by atoms with van der Waals surface area (Å²) in [5.41, 5.74) is 5.81. The molecule has 1 aromatic carbocycles. The van der Waals surface area contributed by atoms with Crippen molar-refractivity contribution in [3.8, 4) is 0 Å². The van der Waals surface area contributed by atoms with Crippen molar-refractivity contribution in [3.63, 3.8) is 0 Å². The predicted molar refractivity (Wildman–Crippen MR) is 78.1 cm³/mol. The average Bonchev–Trinajstić information content (AvgIpc) is 2.87. The smallest absolute Gasteiger partial charge is 0.0435 e. The predicted octanol–water partition coefficient (Wildman–Crippen LogP) is 4.25. The maximum absolute atomic E-state index is 4.06. The summed E-state index contributed by atoms with van der Waals surface area (Å²) in [6.45, 7) is 0. The minimum atomic E-state index is 0.394. The van der Waals surface area contributed by atoms with Gasteiger partial charge in [-0.25, -0.2) is 0 Å². The number of aromatic nitrogens is 1. The Bertz CT molecular complexity index is 536. The van der Waals surface area contributed by atoms with E-state index >= 15 is 0 Å². The van der Waals surface area contributed by atoms with Gasteiger partial charge in [0.2, 0.25) is 0 Å². The highest BCUT2D eigenvalue weighted by molar-refractivity contribution is 9.09. The van der Waals surface area contributed by atoms with Crippen LogP contribution in [-0.2, 0) is 19.3 Å². The molecular formula is C16H16BrN. The lowest BCUT2D eigenvalue weighted by atomic mass is 10.0. The average molecular weight is 302 g/mol. The lowest BCUT2D eigenvalue weighted by Crippen LogP contribution is -1.97. The molecule has 0 amide bonds. The largest absolute Gasteiger partial charge is 0.265 e. The van der Waals surface area contributed by atoms with E-state index in [1.807, 2.05) is 12.4 Å². The zero-order chi connectivity index (χ0) is 12.4. The van der Waals surface area contributed by atoms with Crippen molar-refractivity contribution in [2.75, 3.05) is 0 Å². The maximum Gasteiger partial charge on any atom is 0.0435 e. The molecule has 0 fully saturated rings. The molecule has 0 bridgehead atoms. The Morgan fingerprint density at radius 1 is 1.06 bits per heavy atom. The third kappa shape index (κ3) is 2.49. The van der Waals surface area contributed by atoms with Gasteiger partial charge in [0.05, 0.1) is 0 Å². The van der Waals surface area contributed by atoms with E-state index in [0.29, 0.717) is 4.83 Å². The van der Waals surface area contributed by atoms with Crippen LogP contribution < -0.4 is 0 Å². The van der Waals surface area contributed by atoms with Crippen LogP contribution in [0.25, 0.3) is 0 Å². The van der Waals surface area contributed by atoms with E-state index in [1.54, 1.807) is 11.1 Å². The normalized spacial score (nSPS) is 15.4. The van der Waals surface area contributed by atoms with Crippen molar-refractivity contribution in [1.29, 1.82) is 0 Å². The summed E-state index contributed by atoms with van der Waals surface area (Å²) in [6.07, 6.45) is 8.55. The minimum absolute atomic E-state index is 0.394. The molecular weight excluding hydrogens is 286 g/mol. The van der Waals surface area contributed by atoms with E-state index in [1.165, 1.54) is 30.4 Å². The lowest BCUT2D eigenvalue weighted by molar-refractivity contribution is 0.909. The molecule has 0 spiro atoms. The van der Waals surface area contributed by atoms with Crippen LogP contribution in [0.5, 0.6) is 0 Å². The summed E-state index contributed by atoms with van der Waals surface area (Å²) in [5, 5.41) is 0. The Balaban J connectivity index is 1.78. The maximum atomic E-state index is 4.06. The number of hydrogen-bond donors (Lipinski definition) is 0. The molecule has 1 heterocycles. The van der Waals surface area contributed by atoms with Crippen LogP contribution in [0.3, 0.4) is 0 Å². The summed E-state index contributed by atoms with van der Waals surface area (Å²) in [5.74, 6) is 0. The fourth-order valence-corrected chi connectivity index (χ4v) is 3.29. The van der Waals surface area contributed by atoms with Crippen molar-refractivity contribution in [1.82, 2.24) is 4.98 Å². The quantitative estimate of drug-likeness (QED) is 0.772. The summed E-state index contributed by atoms with van der Waals surface area (Å²) in [4.78, 5) is 4.45. The number of alkyl halides is 1. The van der Waals surface area contributed by atoms with E-state index in [4.69, 9.17) is 0 Å². The van der Waals surface area contributed by atoms with Crippen LogP contribution in [0.4, 0.5) is 0 Å². The van der Waals surface area contributed by atoms with Gasteiger partial charge in [-0.15, -0.1) is 0 Å². The summed E-state index contributed by atoms with van der Waals surface area (Å²) in [7, 11) is 0. The van der Waals surface area contributed by atoms with E-state index in [9.17, 15) is 0 Å². The zero-order valence-electron chi connectivity index (χ0n) is 10.3. The van der Waals surface area contributed by atoms with Gasteiger partial charge in [-0.3, -0.25) is 4.98 Å². The topological polar surface area (TPSA) is 12.9 Å². The SMILES string of the molecule is BrC(Cc1ccncc1)c1ccc2c(c1)CCC2. The van der Waals surface area contributed by atoms with Crippen molar-refractivity contribution in [3.05, 3.63) is 65.0 Å². The molecule has 0 aliphatic heterocycles. The van der Waals surface area contributed by atoms with Gasteiger partial charge in [0.1, 0.15) is 0 Å². The molecule has 1 aliphatic rings. The van der Waals surface area contributed by atoms with Crippen molar-refractivity contribution < 1.29 is 0 Å². The van der Waals surface area contributed by atoms with Gasteiger partial charge in [-0.1, -0.05) is 34.1 Å². The van der Waals surface area contributed by atoms with Crippen molar-refractivity contribution >= 4 is 15.9 Å². The molecule has 2 heteroatoms. The lowest BCUT2D eigenvalue weighted by Gasteiger charge is -2.12. The highest BCUT2D eigenvalue weighted by Crippen LogP contribution is 2.31. The monoisotopic (exact) mass is 301 g/mol. The van der Waals surface area contributed by atoms with Gasteiger partial charge in [0.25, 0.3) is 0 Å². The molecule has 1 atom stereocenters. The minimum Gasteiger partial charge on any atom is -0.265 e. The van der Waals surface area contributed by atoms with Crippen molar-refractivity contribution in [2.24, 2.45) is 0 Å². The first-order valence-corrected chi connectivity index (χ1v) is 7.39. The molecule has 1 aliphatic carbocycles. The fraction of sp³-hybridized carbons (Fsp3) is 0.312. The molecule has 1 aromatic heterocycles. The second kappa shape index (κ2) is 5.23. The van der Waals surface area contributed by atoms with Crippen LogP contribution >= 0.6 is 15.9 Å². The molecule has 0 N–H and O–H groups in total. The first kappa shape index (κ1) is 11.9. The van der Waals surface area contributed by atoms with Gasteiger partial charge in [-0.05, 0) is 60.1 Å². The molecule has 0 radical (unpaired) electrons. The molecule has 3 rings (SSSR count). The second-order valence-electron chi connectivity index (χ2n) is 4.91. The van der Waals surface area contributed by atoms with Gasteiger partial charge in [0.15, 0.2) is 0 Å². The molecule has 92 valence electrons. The third-order valence-corrected chi connectivity index (χ3v) is 4.50. The number of halogens is 1. The van der Waals surface area contributed by atoms with Crippen LogP contribution in [0.1, 0.15) is 33.5 Å². The number of benzene rings is 1. The molecule has 0 saturated carbocycles. The van der Waals surface area contributed by atoms with Crippen LogP contribution in [0, 0.1) is 0 Å². The Morgan fingerprint density at radius 3 is 2.67 bits per heavy atom. The van der Waals surface area contributed by atoms with Gasteiger partial charge in [-0.2, -0.15) is 0 Å².